The number of amides is 1. The number of nitrogens with zero attached hydrogens (tertiary/aromatic N) is 3. The predicted molar refractivity (Wildman–Crippen MR) is 135 cm³/mol. The van der Waals surface area contributed by atoms with Crippen LogP contribution in [-0.2, 0) is 25.9 Å². The lowest BCUT2D eigenvalue weighted by Gasteiger charge is -2.27. The fraction of sp³-hybridized carbons (Fsp3) is 0.308. The maximum absolute atomic E-state index is 13.0. The Morgan fingerprint density at radius 3 is 2.44 bits per heavy atom. The highest BCUT2D eigenvalue weighted by molar-refractivity contribution is 6.34. The van der Waals surface area contributed by atoms with Crippen LogP contribution in [0.25, 0.3) is 0 Å². The third-order valence-corrected chi connectivity index (χ3v) is 6.98. The zero-order valence-corrected chi connectivity index (χ0v) is 20.1. The fourth-order valence-corrected chi connectivity index (χ4v) is 5.09. The number of hydrogen-bond acceptors (Lipinski definition) is 4. The van der Waals surface area contributed by atoms with Gasteiger partial charge in [0.2, 0.25) is 0 Å². The smallest absolute Gasteiger partial charge is 0.308 e. The summed E-state index contributed by atoms with van der Waals surface area (Å²) >= 11 is 12.8. The van der Waals surface area contributed by atoms with Gasteiger partial charge < -0.3 is 4.57 Å². The molecular formula is C26H25Cl2N3O3. The summed E-state index contributed by atoms with van der Waals surface area (Å²) in [7, 11) is 0. The van der Waals surface area contributed by atoms with Crippen molar-refractivity contribution in [1.29, 1.82) is 0 Å². The van der Waals surface area contributed by atoms with Crippen LogP contribution in [0.3, 0.4) is 0 Å². The first-order valence-electron chi connectivity index (χ1n) is 11.3. The Hall–Kier alpha value is -2.80. The van der Waals surface area contributed by atoms with Crippen LogP contribution in [0.2, 0.25) is 10.0 Å². The van der Waals surface area contributed by atoms with E-state index in [1.165, 1.54) is 11.6 Å². The van der Waals surface area contributed by atoms with Crippen molar-refractivity contribution in [2.24, 2.45) is 5.18 Å². The molecule has 2 heterocycles. The molecule has 0 bridgehead atoms. The minimum absolute atomic E-state index is 0.0917. The first-order chi connectivity index (χ1) is 16.5. The van der Waals surface area contributed by atoms with Crippen molar-refractivity contribution >= 4 is 29.1 Å². The van der Waals surface area contributed by atoms with E-state index in [1.54, 1.807) is 28.8 Å². The quantitative estimate of drug-likeness (QED) is 0.384. The van der Waals surface area contributed by atoms with Gasteiger partial charge in [0.25, 0.3) is 5.56 Å². The van der Waals surface area contributed by atoms with Crippen LogP contribution < -0.4 is 5.56 Å². The zero-order chi connectivity index (χ0) is 24.1. The Morgan fingerprint density at radius 1 is 1.00 bits per heavy atom. The van der Waals surface area contributed by atoms with E-state index in [9.17, 15) is 14.5 Å². The molecule has 6 nitrogen and oxygen atoms in total. The van der Waals surface area contributed by atoms with Gasteiger partial charge in [-0.3, -0.25) is 14.5 Å². The van der Waals surface area contributed by atoms with Gasteiger partial charge in [-0.25, -0.2) is 0 Å². The van der Waals surface area contributed by atoms with Gasteiger partial charge >= 0.3 is 5.91 Å². The second-order valence-electron chi connectivity index (χ2n) is 8.54. The van der Waals surface area contributed by atoms with Gasteiger partial charge in [0.15, 0.2) is 0 Å². The van der Waals surface area contributed by atoms with Crippen molar-refractivity contribution in [2.75, 3.05) is 6.54 Å². The molecule has 1 aliphatic rings. The van der Waals surface area contributed by atoms with E-state index in [0.717, 1.165) is 37.1 Å². The van der Waals surface area contributed by atoms with Crippen LogP contribution in [0.4, 0.5) is 0 Å². The topological polar surface area (TPSA) is 71.7 Å². The molecule has 1 aromatic heterocycles. The predicted octanol–water partition coefficient (Wildman–Crippen LogP) is 5.51. The van der Waals surface area contributed by atoms with Gasteiger partial charge in [-0.05, 0) is 61.6 Å². The summed E-state index contributed by atoms with van der Waals surface area (Å²) in [6, 6.07) is 19.0. The molecule has 0 saturated carbocycles. The Morgan fingerprint density at radius 2 is 1.74 bits per heavy atom. The van der Waals surface area contributed by atoms with Crippen LogP contribution >= 0.6 is 23.2 Å². The lowest BCUT2D eigenvalue weighted by molar-refractivity contribution is 0.100. The van der Waals surface area contributed by atoms with Crippen molar-refractivity contribution in [2.45, 2.75) is 44.8 Å². The van der Waals surface area contributed by atoms with E-state index in [4.69, 9.17) is 23.2 Å². The van der Waals surface area contributed by atoms with Crippen LogP contribution in [0.1, 0.15) is 40.0 Å². The number of rotatable bonds is 8. The summed E-state index contributed by atoms with van der Waals surface area (Å²) in [4.78, 5) is 37.2. The summed E-state index contributed by atoms with van der Waals surface area (Å²) in [5, 5.41) is 3.01. The molecule has 0 N–H and O–H groups in total. The maximum atomic E-state index is 13.0. The van der Waals surface area contributed by atoms with Gasteiger partial charge in [0.05, 0.1) is 10.7 Å². The molecule has 3 aromatic rings. The second-order valence-corrected chi connectivity index (χ2v) is 9.36. The number of nitroso groups, excluding NO2 is 1. The van der Waals surface area contributed by atoms with Crippen LogP contribution in [0.5, 0.6) is 0 Å². The van der Waals surface area contributed by atoms with Crippen molar-refractivity contribution in [3.8, 4) is 0 Å². The Bertz CT molecular complexity index is 1230. The minimum Gasteiger partial charge on any atom is -0.308 e. The van der Waals surface area contributed by atoms with Gasteiger partial charge in [-0.15, -0.1) is 4.91 Å². The van der Waals surface area contributed by atoms with Crippen molar-refractivity contribution in [1.82, 2.24) is 9.47 Å². The first-order valence-corrected chi connectivity index (χ1v) is 12.0. The molecule has 0 spiro atoms. The Kier molecular flexibility index (Phi) is 7.93. The number of carbonyl (C=O) groups excluding carboxylic acids is 1. The zero-order valence-electron chi connectivity index (χ0n) is 18.6. The van der Waals surface area contributed by atoms with Crippen molar-refractivity contribution in [3.63, 3.8) is 0 Å². The molecular weight excluding hydrogens is 473 g/mol. The molecule has 1 atom stereocenters. The Balaban J connectivity index is 1.53. The average Bonchev–Trinajstić information content (AvgIpc) is 3.29. The molecule has 2 aromatic carbocycles. The molecule has 1 saturated heterocycles. The molecule has 34 heavy (non-hydrogen) atoms. The van der Waals surface area contributed by atoms with Crippen molar-refractivity contribution in [3.05, 3.63) is 108 Å². The van der Waals surface area contributed by atoms with Crippen LogP contribution in [-0.4, -0.2) is 28.0 Å². The first kappa shape index (κ1) is 24.3. The van der Waals surface area contributed by atoms with E-state index in [0.29, 0.717) is 30.6 Å². The minimum atomic E-state index is -0.803. The number of likely N-dealkylation sites (tertiary alicyclic amines) is 1. The molecule has 8 heteroatoms. The Labute approximate surface area is 208 Å². The number of carbonyl (C=O) groups is 1. The van der Waals surface area contributed by atoms with E-state index in [2.05, 4.69) is 34.3 Å². The standard InChI is InChI=1S/C26H25Cl2N3O3/c27-22-16-23(28)26(33)31(14-12-18-8-10-20(11-9-18)25(32)29-34)24(22)17-30-13-4-7-21(30)15-19-5-2-1-3-6-19/h1-3,5-6,8-11,16,21H,4,7,12-15,17H2/t21-/m1/s1. The SMILES string of the molecule is O=NC(=O)c1ccc(CCn2c(CN3CCC[C@@H]3Cc3ccccc3)c(Cl)cc(Cl)c2=O)cc1. The molecule has 4 rings (SSSR count). The molecule has 1 fully saturated rings. The molecule has 1 aliphatic heterocycles. The summed E-state index contributed by atoms with van der Waals surface area (Å²) < 4.78 is 1.66. The van der Waals surface area contributed by atoms with E-state index in [1.807, 2.05) is 6.07 Å². The van der Waals surface area contributed by atoms with Gasteiger partial charge in [0, 0.05) is 29.9 Å². The number of benzene rings is 2. The summed E-state index contributed by atoms with van der Waals surface area (Å²) in [5.41, 5.74) is 2.94. The normalized spacial score (nSPS) is 16.0. The third kappa shape index (κ3) is 5.63. The van der Waals surface area contributed by atoms with E-state index in [-0.39, 0.29) is 16.1 Å². The molecule has 176 valence electrons. The molecule has 1 amide bonds. The molecule has 0 radical (unpaired) electrons. The van der Waals surface area contributed by atoms with Crippen LogP contribution in [0.15, 0.2) is 70.6 Å². The van der Waals surface area contributed by atoms with Crippen molar-refractivity contribution < 1.29 is 4.79 Å². The second kappa shape index (κ2) is 11.1. The number of pyridine rings is 1. The van der Waals surface area contributed by atoms with Gasteiger partial charge in [0.1, 0.15) is 5.02 Å². The summed E-state index contributed by atoms with van der Waals surface area (Å²) in [5.74, 6) is -0.803. The van der Waals surface area contributed by atoms with E-state index < -0.39 is 5.91 Å². The number of halogens is 2. The monoisotopic (exact) mass is 497 g/mol. The number of aryl methyl sites for hydroxylation is 1. The maximum Gasteiger partial charge on any atom is 0.316 e. The lowest BCUT2D eigenvalue weighted by atomic mass is 10.0. The average molecular weight is 498 g/mol. The molecule has 0 aliphatic carbocycles. The fourth-order valence-electron chi connectivity index (χ4n) is 4.55. The number of aromatic nitrogens is 1. The van der Waals surface area contributed by atoms with Gasteiger partial charge in [-0.2, -0.15) is 0 Å². The highest BCUT2D eigenvalue weighted by Gasteiger charge is 2.27. The molecule has 0 unspecified atom stereocenters. The largest absolute Gasteiger partial charge is 0.316 e. The van der Waals surface area contributed by atoms with Gasteiger partial charge in [-0.1, -0.05) is 65.7 Å². The summed E-state index contributed by atoms with van der Waals surface area (Å²) in [6.07, 6.45) is 3.70. The number of hydrogen-bond donors (Lipinski definition) is 0. The third-order valence-electron chi connectivity index (χ3n) is 6.38. The highest BCUT2D eigenvalue weighted by Crippen LogP contribution is 2.27. The highest BCUT2D eigenvalue weighted by atomic mass is 35.5. The van der Waals surface area contributed by atoms with Crippen LogP contribution in [0, 0.1) is 4.91 Å². The van der Waals surface area contributed by atoms with E-state index >= 15 is 0 Å². The summed E-state index contributed by atoms with van der Waals surface area (Å²) in [6.45, 7) is 1.91. The lowest BCUT2D eigenvalue weighted by Crippen LogP contribution is -2.34.